The maximum atomic E-state index is 12.6. The van der Waals surface area contributed by atoms with Crippen molar-refractivity contribution in [3.05, 3.63) is 35.9 Å². The predicted octanol–water partition coefficient (Wildman–Crippen LogP) is 4.75. The van der Waals surface area contributed by atoms with E-state index in [0.29, 0.717) is 6.54 Å². The third-order valence-corrected chi connectivity index (χ3v) is 4.61. The van der Waals surface area contributed by atoms with E-state index in [-0.39, 0.29) is 11.8 Å². The number of carbonyl (C=O) groups is 1. The predicted molar refractivity (Wildman–Crippen MR) is 94.4 cm³/mol. The molecule has 0 bridgehead atoms. The molecule has 0 spiro atoms. The number of ketones is 1. The van der Waals surface area contributed by atoms with Crippen molar-refractivity contribution in [1.29, 1.82) is 0 Å². The van der Waals surface area contributed by atoms with Gasteiger partial charge < -0.3 is 0 Å². The lowest BCUT2D eigenvalue weighted by Gasteiger charge is -2.23. The van der Waals surface area contributed by atoms with Crippen LogP contribution < -0.4 is 0 Å². The lowest BCUT2D eigenvalue weighted by molar-refractivity contribution is 0.0890. The molecule has 1 aromatic rings. The minimum atomic E-state index is -0.257. The van der Waals surface area contributed by atoms with Crippen molar-refractivity contribution in [2.45, 2.75) is 45.6 Å². The van der Waals surface area contributed by atoms with Crippen molar-refractivity contribution in [1.82, 2.24) is 8.84 Å². The fourth-order valence-corrected chi connectivity index (χ4v) is 2.68. The van der Waals surface area contributed by atoms with Crippen molar-refractivity contribution in [2.75, 3.05) is 19.6 Å². The van der Waals surface area contributed by atoms with Crippen molar-refractivity contribution in [3.8, 4) is 0 Å². The van der Waals surface area contributed by atoms with Crippen LogP contribution in [0, 0.1) is 0 Å². The molecule has 0 N–H and O–H groups in total. The summed E-state index contributed by atoms with van der Waals surface area (Å²) in [6.07, 6.45) is 3.84. The summed E-state index contributed by atoms with van der Waals surface area (Å²) in [6, 6.07) is 9.12. The Kier molecular flexibility index (Phi) is 9.73. The lowest BCUT2D eigenvalue weighted by Crippen LogP contribution is -2.35. The summed E-state index contributed by atoms with van der Waals surface area (Å²) in [6.45, 7) is 6.38. The molecule has 0 saturated heterocycles. The summed E-state index contributed by atoms with van der Waals surface area (Å²) in [5, 5.41) is 0. The highest BCUT2D eigenvalue weighted by atomic mass is 35.5. The Morgan fingerprint density at radius 1 is 1.05 bits per heavy atom. The Morgan fingerprint density at radius 3 is 2.32 bits per heavy atom. The number of unbranched alkanes of at least 4 members (excludes halogenated alkanes) is 2. The zero-order chi connectivity index (χ0) is 16.4. The largest absolute Gasteiger partial charge is 0.292 e. The van der Waals surface area contributed by atoms with Crippen LogP contribution >= 0.6 is 23.6 Å². The number of benzene rings is 1. The highest BCUT2D eigenvalue weighted by molar-refractivity contribution is 6.16. The second-order valence-corrected chi connectivity index (χ2v) is 6.23. The van der Waals surface area contributed by atoms with Crippen molar-refractivity contribution in [2.24, 2.45) is 0 Å². The van der Waals surface area contributed by atoms with Crippen molar-refractivity contribution in [3.63, 3.8) is 0 Å². The molecule has 1 atom stereocenters. The molecule has 0 aliphatic rings. The number of nitrogens with zero attached hydrogens (tertiary/aromatic N) is 2. The molecule has 0 aliphatic carbocycles. The molecule has 22 heavy (non-hydrogen) atoms. The van der Waals surface area contributed by atoms with Gasteiger partial charge in [-0.25, -0.2) is 8.84 Å². The first-order valence-corrected chi connectivity index (χ1v) is 8.70. The van der Waals surface area contributed by atoms with E-state index in [1.165, 1.54) is 0 Å². The quantitative estimate of drug-likeness (QED) is 0.328. The van der Waals surface area contributed by atoms with E-state index in [0.717, 1.165) is 44.3 Å². The maximum absolute atomic E-state index is 12.6. The summed E-state index contributed by atoms with van der Waals surface area (Å²) in [5.74, 6) is 0.102. The highest BCUT2D eigenvalue weighted by Crippen LogP contribution is 2.18. The Hall–Kier alpha value is -0.610. The van der Waals surface area contributed by atoms with E-state index < -0.39 is 0 Å². The molecule has 1 rings (SSSR count). The molecule has 3 nitrogen and oxygen atoms in total. The molecule has 1 unspecified atom stereocenters. The van der Waals surface area contributed by atoms with E-state index in [1.807, 2.05) is 44.2 Å². The van der Waals surface area contributed by atoms with Crippen molar-refractivity contribution >= 4 is 29.3 Å². The van der Waals surface area contributed by atoms with Gasteiger partial charge in [0.2, 0.25) is 0 Å². The fourth-order valence-electron chi connectivity index (χ4n) is 2.37. The van der Waals surface area contributed by atoms with Crippen LogP contribution in [0.15, 0.2) is 30.3 Å². The van der Waals surface area contributed by atoms with Gasteiger partial charge in [0.1, 0.15) is 0 Å². The number of rotatable bonds is 11. The Morgan fingerprint density at radius 2 is 1.73 bits per heavy atom. The summed E-state index contributed by atoms with van der Waals surface area (Å²) in [4.78, 5) is 12.6. The van der Waals surface area contributed by atoms with Gasteiger partial charge in [-0.05, 0) is 36.4 Å². The summed E-state index contributed by atoms with van der Waals surface area (Å²) >= 11 is 12.2. The van der Waals surface area contributed by atoms with Gasteiger partial charge in [-0.3, -0.25) is 4.79 Å². The molecule has 0 fully saturated rings. The van der Waals surface area contributed by atoms with Crippen LogP contribution in [0.25, 0.3) is 0 Å². The summed E-state index contributed by atoms with van der Waals surface area (Å²) < 4.78 is 3.40. The van der Waals surface area contributed by atoms with Crippen LogP contribution in [0.5, 0.6) is 0 Å². The van der Waals surface area contributed by atoms with E-state index in [4.69, 9.17) is 23.6 Å². The molecule has 0 aromatic heterocycles. The zero-order valence-electron chi connectivity index (χ0n) is 13.5. The van der Waals surface area contributed by atoms with Crippen LogP contribution in [0.2, 0.25) is 0 Å². The topological polar surface area (TPSA) is 23.6 Å². The van der Waals surface area contributed by atoms with Gasteiger partial charge in [0.05, 0.1) is 6.04 Å². The van der Waals surface area contributed by atoms with Gasteiger partial charge in [-0.1, -0.05) is 57.0 Å². The first-order chi connectivity index (χ1) is 10.6. The van der Waals surface area contributed by atoms with E-state index in [9.17, 15) is 4.79 Å². The SMILES string of the molecule is CCN(Cl)CCCCCC(C(=O)c1ccccc1)N(Cl)CC. The minimum Gasteiger partial charge on any atom is -0.292 e. The Labute approximate surface area is 144 Å². The number of carbonyl (C=O) groups excluding carboxylic acids is 1. The molecule has 0 amide bonds. The zero-order valence-corrected chi connectivity index (χ0v) is 15.0. The number of likely N-dealkylation sites (N-methyl/N-ethyl adjacent to an activating group) is 1. The van der Waals surface area contributed by atoms with Crippen LogP contribution in [-0.2, 0) is 0 Å². The molecule has 5 heteroatoms. The van der Waals surface area contributed by atoms with Crippen LogP contribution in [0.3, 0.4) is 0 Å². The third-order valence-electron chi connectivity index (χ3n) is 3.72. The van der Waals surface area contributed by atoms with Gasteiger partial charge in [-0.2, -0.15) is 0 Å². The number of hydrogen-bond acceptors (Lipinski definition) is 3. The second-order valence-electron chi connectivity index (χ2n) is 5.31. The maximum Gasteiger partial charge on any atom is 0.181 e. The first kappa shape index (κ1) is 19.4. The lowest BCUT2D eigenvalue weighted by atomic mass is 9.99. The Balaban J connectivity index is 2.50. The van der Waals surface area contributed by atoms with E-state index in [1.54, 1.807) is 8.84 Å². The van der Waals surface area contributed by atoms with Crippen LogP contribution in [0.4, 0.5) is 0 Å². The summed E-state index contributed by atoms with van der Waals surface area (Å²) in [7, 11) is 0. The van der Waals surface area contributed by atoms with Crippen molar-refractivity contribution < 1.29 is 4.79 Å². The normalized spacial score (nSPS) is 12.8. The molecular formula is C17H26Cl2N2O. The Bertz CT molecular complexity index is 428. The van der Waals surface area contributed by atoms with Gasteiger partial charge in [0, 0.05) is 25.2 Å². The second kappa shape index (κ2) is 11.0. The number of Topliss-reactive ketones (excluding diaryl/α,β-unsaturated/α-hetero) is 1. The van der Waals surface area contributed by atoms with Gasteiger partial charge in [-0.15, -0.1) is 0 Å². The van der Waals surface area contributed by atoms with Crippen LogP contribution in [-0.4, -0.2) is 40.3 Å². The van der Waals surface area contributed by atoms with Gasteiger partial charge in [0.15, 0.2) is 5.78 Å². The number of hydrogen-bond donors (Lipinski definition) is 0. The molecule has 0 aliphatic heterocycles. The molecule has 0 radical (unpaired) electrons. The van der Waals surface area contributed by atoms with Crippen LogP contribution in [0.1, 0.15) is 49.9 Å². The monoisotopic (exact) mass is 344 g/mol. The molecular weight excluding hydrogens is 319 g/mol. The number of halogens is 2. The highest BCUT2D eigenvalue weighted by Gasteiger charge is 2.24. The minimum absolute atomic E-state index is 0.102. The molecule has 0 saturated carbocycles. The average Bonchev–Trinajstić information content (AvgIpc) is 2.57. The molecule has 124 valence electrons. The smallest absolute Gasteiger partial charge is 0.181 e. The van der Waals surface area contributed by atoms with E-state index >= 15 is 0 Å². The molecule has 0 heterocycles. The fraction of sp³-hybridized carbons (Fsp3) is 0.588. The van der Waals surface area contributed by atoms with E-state index in [2.05, 4.69) is 0 Å². The standard InChI is InChI=1S/C17H26Cl2N2O/c1-3-20(18)14-10-6-9-13-16(21(19)4-2)17(22)15-11-7-5-8-12-15/h5,7-8,11-12,16H,3-4,6,9-10,13-14H2,1-2H3. The average molecular weight is 345 g/mol. The van der Waals surface area contributed by atoms with Gasteiger partial charge in [0.25, 0.3) is 0 Å². The third kappa shape index (κ3) is 6.66. The summed E-state index contributed by atoms with van der Waals surface area (Å²) in [5.41, 5.74) is 0.726. The van der Waals surface area contributed by atoms with Gasteiger partial charge >= 0.3 is 0 Å². The molecule has 1 aromatic carbocycles. The first-order valence-electron chi connectivity index (χ1n) is 8.02.